The molecule has 0 radical (unpaired) electrons. The van der Waals surface area contributed by atoms with Gasteiger partial charge in [0.25, 0.3) is 11.8 Å². The number of amides is 2. The van der Waals surface area contributed by atoms with E-state index in [0.717, 1.165) is 22.3 Å². The Morgan fingerprint density at radius 2 is 2.18 bits per heavy atom. The van der Waals surface area contributed by atoms with E-state index >= 15 is 0 Å². The third-order valence-corrected chi connectivity index (χ3v) is 5.09. The number of allylic oxidation sites excluding steroid dienone is 1. The molecule has 2 aromatic rings. The summed E-state index contributed by atoms with van der Waals surface area (Å²) in [6.45, 7) is 11.3. The summed E-state index contributed by atoms with van der Waals surface area (Å²) >= 11 is 0. The average Bonchev–Trinajstić information content (AvgIpc) is 3.08. The van der Waals surface area contributed by atoms with Crippen LogP contribution in [0.1, 0.15) is 48.5 Å². The Balaban J connectivity index is 1.88. The van der Waals surface area contributed by atoms with Crippen molar-refractivity contribution in [3.05, 3.63) is 65.7 Å². The number of ether oxygens (including phenoxy) is 1. The molecule has 0 saturated heterocycles. The molecule has 0 fully saturated rings. The maximum absolute atomic E-state index is 12.9. The van der Waals surface area contributed by atoms with E-state index in [9.17, 15) is 9.59 Å². The van der Waals surface area contributed by atoms with Gasteiger partial charge in [-0.25, -0.2) is 4.99 Å². The van der Waals surface area contributed by atoms with Gasteiger partial charge < -0.3 is 14.5 Å². The lowest BCUT2D eigenvalue weighted by atomic mass is 9.95. The molecule has 1 aliphatic heterocycles. The quantitative estimate of drug-likeness (QED) is 0.777. The second kappa shape index (κ2) is 7.84. The molecule has 3 heterocycles. The van der Waals surface area contributed by atoms with Crippen LogP contribution in [0.2, 0.25) is 0 Å². The van der Waals surface area contributed by atoms with Crippen molar-refractivity contribution in [1.82, 2.24) is 9.72 Å². The zero-order valence-electron chi connectivity index (χ0n) is 16.7. The van der Waals surface area contributed by atoms with Crippen molar-refractivity contribution in [1.29, 1.82) is 0 Å². The molecule has 1 aliphatic rings. The van der Waals surface area contributed by atoms with Crippen LogP contribution in [0.3, 0.4) is 0 Å². The number of aromatic nitrogens is 1. The molecule has 2 atom stereocenters. The lowest BCUT2D eigenvalue weighted by Gasteiger charge is -2.21. The summed E-state index contributed by atoms with van der Waals surface area (Å²) in [6.07, 6.45) is 4.96. The van der Waals surface area contributed by atoms with Crippen LogP contribution in [-0.2, 0) is 9.53 Å². The van der Waals surface area contributed by atoms with E-state index in [2.05, 4.69) is 16.9 Å². The Hall–Kier alpha value is -3.15. The second-order valence-electron chi connectivity index (χ2n) is 7.06. The molecule has 146 valence electrons. The van der Waals surface area contributed by atoms with Crippen molar-refractivity contribution in [3.8, 4) is 0 Å². The van der Waals surface area contributed by atoms with Crippen LogP contribution in [0.5, 0.6) is 0 Å². The van der Waals surface area contributed by atoms with Gasteiger partial charge in [0.1, 0.15) is 6.10 Å². The van der Waals surface area contributed by atoms with Gasteiger partial charge >= 0.3 is 0 Å². The SMILES string of the molecule is C=COC(C)c1c(C)c(C(=O)NCC2C(=O)N=C(C)C=C2C)cc2cccn12. The van der Waals surface area contributed by atoms with Crippen LogP contribution >= 0.6 is 0 Å². The Morgan fingerprint density at radius 1 is 1.43 bits per heavy atom. The van der Waals surface area contributed by atoms with Gasteiger partial charge in [0.2, 0.25) is 0 Å². The average molecular weight is 379 g/mol. The zero-order valence-corrected chi connectivity index (χ0v) is 16.7. The van der Waals surface area contributed by atoms with Gasteiger partial charge in [0.05, 0.1) is 17.9 Å². The number of dihydropyridines is 1. The number of carbonyl (C=O) groups excluding carboxylic acids is 2. The van der Waals surface area contributed by atoms with Crippen LogP contribution in [0.4, 0.5) is 0 Å². The standard InChI is InChI=1S/C22H25N3O3/c1-6-28-16(5)20-15(4)18(11-17-8-7-9-25(17)20)21(26)23-12-19-13(2)10-14(3)24-22(19)27/h6-11,16,19H,1,12H2,2-5H3,(H,23,26). The third kappa shape index (κ3) is 3.63. The van der Waals surface area contributed by atoms with Gasteiger partial charge in [0, 0.05) is 29.5 Å². The minimum atomic E-state index is -0.424. The number of nitrogens with one attached hydrogen (secondary N) is 1. The first kappa shape index (κ1) is 19.6. The molecule has 28 heavy (non-hydrogen) atoms. The summed E-state index contributed by atoms with van der Waals surface area (Å²) in [6, 6.07) is 5.72. The van der Waals surface area contributed by atoms with Crippen LogP contribution in [0, 0.1) is 12.8 Å². The number of pyridine rings is 1. The highest BCUT2D eigenvalue weighted by molar-refractivity contribution is 6.06. The topological polar surface area (TPSA) is 72.2 Å². The fourth-order valence-corrected chi connectivity index (χ4v) is 3.70. The van der Waals surface area contributed by atoms with E-state index in [-0.39, 0.29) is 24.5 Å². The first-order valence-electron chi connectivity index (χ1n) is 9.26. The van der Waals surface area contributed by atoms with Crippen molar-refractivity contribution in [2.75, 3.05) is 6.54 Å². The molecule has 1 N–H and O–H groups in total. The number of rotatable bonds is 6. The maximum atomic E-state index is 12.9. The maximum Gasteiger partial charge on any atom is 0.254 e. The number of carbonyl (C=O) groups is 2. The minimum Gasteiger partial charge on any atom is -0.493 e. The highest BCUT2D eigenvalue weighted by Gasteiger charge is 2.25. The molecular weight excluding hydrogens is 354 g/mol. The summed E-state index contributed by atoms with van der Waals surface area (Å²) < 4.78 is 7.57. The lowest BCUT2D eigenvalue weighted by molar-refractivity contribution is -0.120. The van der Waals surface area contributed by atoms with E-state index < -0.39 is 5.92 Å². The molecule has 0 aliphatic carbocycles. The molecule has 2 amide bonds. The molecule has 0 bridgehead atoms. The van der Waals surface area contributed by atoms with Gasteiger partial charge in [-0.1, -0.05) is 12.2 Å². The molecule has 3 rings (SSSR count). The fourth-order valence-electron chi connectivity index (χ4n) is 3.70. The normalized spacial score (nSPS) is 17.7. The number of hydrogen-bond acceptors (Lipinski definition) is 3. The highest BCUT2D eigenvalue weighted by Crippen LogP contribution is 2.27. The zero-order chi connectivity index (χ0) is 20.4. The van der Waals surface area contributed by atoms with E-state index in [4.69, 9.17) is 4.74 Å². The summed E-state index contributed by atoms with van der Waals surface area (Å²) in [5, 5.41) is 2.90. The van der Waals surface area contributed by atoms with E-state index in [1.807, 2.05) is 55.6 Å². The lowest BCUT2D eigenvalue weighted by Crippen LogP contribution is -2.35. The number of fused-ring (bicyclic) bond motifs is 1. The summed E-state index contributed by atoms with van der Waals surface area (Å²) in [5.41, 5.74) is 4.77. The minimum absolute atomic E-state index is 0.217. The van der Waals surface area contributed by atoms with Crippen molar-refractivity contribution >= 4 is 23.0 Å². The van der Waals surface area contributed by atoms with E-state index in [0.29, 0.717) is 11.3 Å². The summed E-state index contributed by atoms with van der Waals surface area (Å²) in [5.74, 6) is -0.863. The van der Waals surface area contributed by atoms with Crippen LogP contribution in [0.25, 0.3) is 5.52 Å². The largest absolute Gasteiger partial charge is 0.493 e. The summed E-state index contributed by atoms with van der Waals surface area (Å²) in [7, 11) is 0. The number of nitrogens with zero attached hydrogens (tertiary/aromatic N) is 2. The molecule has 0 spiro atoms. The summed E-state index contributed by atoms with van der Waals surface area (Å²) in [4.78, 5) is 29.1. The van der Waals surface area contributed by atoms with Gasteiger partial charge in [-0.2, -0.15) is 0 Å². The Kier molecular flexibility index (Phi) is 5.49. The second-order valence-corrected chi connectivity index (χ2v) is 7.06. The van der Waals surface area contributed by atoms with E-state index in [1.165, 1.54) is 6.26 Å². The van der Waals surface area contributed by atoms with Crippen LogP contribution < -0.4 is 5.32 Å². The Labute approximate surface area is 164 Å². The Bertz CT molecular complexity index is 1010. The number of hydrogen-bond donors (Lipinski definition) is 1. The predicted octanol–water partition coefficient (Wildman–Crippen LogP) is 3.76. The highest BCUT2D eigenvalue weighted by atomic mass is 16.5. The molecule has 6 nitrogen and oxygen atoms in total. The monoisotopic (exact) mass is 379 g/mol. The van der Waals surface area contributed by atoms with Gasteiger partial charge in [-0.15, -0.1) is 0 Å². The number of aliphatic imine (C=N–C) groups is 1. The molecule has 2 unspecified atom stereocenters. The predicted molar refractivity (Wildman–Crippen MR) is 110 cm³/mol. The van der Waals surface area contributed by atoms with Crippen LogP contribution in [0.15, 0.2) is 53.9 Å². The molecule has 0 aromatic carbocycles. The first-order chi connectivity index (χ1) is 13.3. The van der Waals surface area contributed by atoms with Gasteiger partial charge in [-0.05, 0) is 57.5 Å². The van der Waals surface area contributed by atoms with Crippen molar-refractivity contribution < 1.29 is 14.3 Å². The molecular formula is C22H25N3O3. The fraction of sp³-hybridized carbons (Fsp3) is 0.318. The van der Waals surface area contributed by atoms with E-state index in [1.54, 1.807) is 6.92 Å². The molecule has 2 aromatic heterocycles. The van der Waals surface area contributed by atoms with Gasteiger partial charge in [-0.3, -0.25) is 9.59 Å². The van der Waals surface area contributed by atoms with Crippen molar-refractivity contribution in [2.45, 2.75) is 33.8 Å². The van der Waals surface area contributed by atoms with Crippen molar-refractivity contribution in [2.24, 2.45) is 10.9 Å². The third-order valence-electron chi connectivity index (χ3n) is 5.09. The Morgan fingerprint density at radius 3 is 2.86 bits per heavy atom. The van der Waals surface area contributed by atoms with Crippen LogP contribution in [-0.4, -0.2) is 28.5 Å². The first-order valence-corrected chi connectivity index (χ1v) is 9.26. The van der Waals surface area contributed by atoms with Crippen molar-refractivity contribution in [3.63, 3.8) is 0 Å². The smallest absolute Gasteiger partial charge is 0.254 e. The van der Waals surface area contributed by atoms with Gasteiger partial charge in [0.15, 0.2) is 0 Å². The molecule has 6 heteroatoms. The molecule has 0 saturated carbocycles.